The SMILES string of the molecule is COc1ccc(NC(=O)/C=C/c2cccc([N+](=O)[O-])c2)c(/C=C/c2cc(OC)c(OC)c(OC)c2)c1. The van der Waals surface area contributed by atoms with Crippen molar-refractivity contribution in [3.63, 3.8) is 0 Å². The van der Waals surface area contributed by atoms with Gasteiger partial charge in [-0.3, -0.25) is 14.9 Å². The summed E-state index contributed by atoms with van der Waals surface area (Å²) in [5.74, 6) is 1.74. The van der Waals surface area contributed by atoms with Crippen molar-refractivity contribution < 1.29 is 28.7 Å². The monoisotopic (exact) mass is 490 g/mol. The number of non-ortho nitro benzene ring substituents is 1. The van der Waals surface area contributed by atoms with E-state index >= 15 is 0 Å². The molecule has 3 aromatic rings. The first-order valence-corrected chi connectivity index (χ1v) is 10.8. The Hall–Kier alpha value is -4.79. The van der Waals surface area contributed by atoms with Crippen LogP contribution in [0.5, 0.6) is 23.0 Å². The smallest absolute Gasteiger partial charge is 0.270 e. The molecule has 186 valence electrons. The van der Waals surface area contributed by atoms with E-state index in [1.807, 2.05) is 12.2 Å². The highest BCUT2D eigenvalue weighted by atomic mass is 16.6. The van der Waals surface area contributed by atoms with Crippen molar-refractivity contribution in [1.29, 1.82) is 0 Å². The maximum absolute atomic E-state index is 12.6. The lowest BCUT2D eigenvalue weighted by molar-refractivity contribution is -0.384. The number of nitro groups is 1. The van der Waals surface area contributed by atoms with Crippen LogP contribution in [-0.2, 0) is 4.79 Å². The fourth-order valence-electron chi connectivity index (χ4n) is 3.39. The van der Waals surface area contributed by atoms with Crippen LogP contribution in [-0.4, -0.2) is 39.3 Å². The zero-order valence-corrected chi connectivity index (χ0v) is 20.3. The van der Waals surface area contributed by atoms with E-state index < -0.39 is 10.8 Å². The molecule has 0 bridgehead atoms. The molecule has 36 heavy (non-hydrogen) atoms. The summed E-state index contributed by atoms with van der Waals surface area (Å²) >= 11 is 0. The number of benzene rings is 3. The lowest BCUT2D eigenvalue weighted by atomic mass is 10.1. The molecule has 3 aromatic carbocycles. The van der Waals surface area contributed by atoms with Crippen molar-refractivity contribution in [1.82, 2.24) is 0 Å². The molecule has 0 fully saturated rings. The molecule has 9 nitrogen and oxygen atoms in total. The van der Waals surface area contributed by atoms with Crippen LogP contribution < -0.4 is 24.3 Å². The first-order chi connectivity index (χ1) is 17.4. The van der Waals surface area contributed by atoms with Gasteiger partial charge < -0.3 is 24.3 Å². The zero-order chi connectivity index (χ0) is 26.1. The Balaban J connectivity index is 1.86. The summed E-state index contributed by atoms with van der Waals surface area (Å²) in [7, 11) is 6.18. The first kappa shape index (κ1) is 25.8. The van der Waals surface area contributed by atoms with Gasteiger partial charge in [-0.05, 0) is 47.5 Å². The summed E-state index contributed by atoms with van der Waals surface area (Å²) in [6.45, 7) is 0. The molecule has 0 saturated carbocycles. The summed E-state index contributed by atoms with van der Waals surface area (Å²) in [4.78, 5) is 23.1. The molecule has 0 unspecified atom stereocenters. The van der Waals surface area contributed by atoms with Gasteiger partial charge in [0.15, 0.2) is 11.5 Å². The van der Waals surface area contributed by atoms with Gasteiger partial charge in [-0.15, -0.1) is 0 Å². The van der Waals surface area contributed by atoms with Crippen molar-refractivity contribution in [2.75, 3.05) is 33.8 Å². The fourth-order valence-corrected chi connectivity index (χ4v) is 3.39. The van der Waals surface area contributed by atoms with Crippen molar-refractivity contribution in [3.05, 3.63) is 87.5 Å². The number of methoxy groups -OCH3 is 4. The van der Waals surface area contributed by atoms with Gasteiger partial charge in [0.2, 0.25) is 11.7 Å². The van der Waals surface area contributed by atoms with E-state index in [0.717, 1.165) is 5.56 Å². The predicted octanol–water partition coefficient (Wildman–Crippen LogP) is 5.45. The van der Waals surface area contributed by atoms with Crippen LogP contribution in [0, 0.1) is 10.1 Å². The molecule has 0 spiro atoms. The van der Waals surface area contributed by atoms with E-state index in [9.17, 15) is 14.9 Å². The first-order valence-electron chi connectivity index (χ1n) is 10.8. The molecule has 0 aromatic heterocycles. The molecule has 0 atom stereocenters. The molecule has 0 aliphatic rings. The number of carbonyl (C=O) groups is 1. The lowest BCUT2D eigenvalue weighted by Gasteiger charge is -2.13. The largest absolute Gasteiger partial charge is 0.497 e. The third-order valence-corrected chi connectivity index (χ3v) is 5.17. The number of rotatable bonds is 10. The number of ether oxygens (including phenoxy) is 4. The average molecular weight is 491 g/mol. The molecule has 3 rings (SSSR count). The summed E-state index contributed by atoms with van der Waals surface area (Å²) < 4.78 is 21.5. The Labute approximate surface area is 208 Å². The quantitative estimate of drug-likeness (QED) is 0.174. The highest BCUT2D eigenvalue weighted by Crippen LogP contribution is 2.38. The average Bonchev–Trinajstić information content (AvgIpc) is 2.90. The normalized spacial score (nSPS) is 10.9. The van der Waals surface area contributed by atoms with Crippen LogP contribution in [0.1, 0.15) is 16.7 Å². The molecule has 0 saturated heterocycles. The van der Waals surface area contributed by atoms with Gasteiger partial charge in [0.25, 0.3) is 5.69 Å². The highest BCUT2D eigenvalue weighted by Gasteiger charge is 2.12. The summed E-state index contributed by atoms with van der Waals surface area (Å²) in [6, 6.07) is 14.9. The topological polar surface area (TPSA) is 109 Å². The van der Waals surface area contributed by atoms with Crippen molar-refractivity contribution in [3.8, 4) is 23.0 Å². The second-order valence-electron chi connectivity index (χ2n) is 7.42. The highest BCUT2D eigenvalue weighted by molar-refractivity contribution is 6.03. The van der Waals surface area contributed by atoms with E-state index in [1.54, 1.807) is 63.8 Å². The number of amides is 1. The van der Waals surface area contributed by atoms with Crippen LogP contribution in [0.3, 0.4) is 0 Å². The number of nitrogens with zero attached hydrogens (tertiary/aromatic N) is 1. The van der Waals surface area contributed by atoms with Gasteiger partial charge in [-0.25, -0.2) is 0 Å². The van der Waals surface area contributed by atoms with Gasteiger partial charge in [0, 0.05) is 29.5 Å². The second-order valence-corrected chi connectivity index (χ2v) is 7.42. The molecule has 0 aliphatic heterocycles. The van der Waals surface area contributed by atoms with Crippen molar-refractivity contribution in [2.24, 2.45) is 0 Å². The Morgan fingerprint density at radius 3 is 2.17 bits per heavy atom. The van der Waals surface area contributed by atoms with E-state index in [1.165, 1.54) is 31.4 Å². The lowest BCUT2D eigenvalue weighted by Crippen LogP contribution is -2.09. The van der Waals surface area contributed by atoms with Gasteiger partial charge in [-0.1, -0.05) is 24.3 Å². The summed E-state index contributed by atoms with van der Waals surface area (Å²) in [6.07, 6.45) is 6.49. The molecule has 9 heteroatoms. The van der Waals surface area contributed by atoms with Crippen LogP contribution in [0.15, 0.2) is 60.7 Å². The van der Waals surface area contributed by atoms with Crippen LogP contribution in [0.4, 0.5) is 11.4 Å². The standard InChI is InChI=1S/C27H26N2O7/c1-33-22-11-12-23(28-26(30)13-9-18-6-5-7-21(14-18)29(31)32)20(17-22)10-8-19-15-24(34-2)27(36-4)25(16-19)35-3/h5-17H,1-4H3,(H,28,30)/b10-8+,13-9+. The Morgan fingerprint density at radius 1 is 0.833 bits per heavy atom. The van der Waals surface area contributed by atoms with Crippen LogP contribution >= 0.6 is 0 Å². The number of nitro benzene ring substituents is 1. The molecule has 1 amide bonds. The number of anilines is 1. The van der Waals surface area contributed by atoms with Crippen molar-refractivity contribution in [2.45, 2.75) is 0 Å². The predicted molar refractivity (Wildman–Crippen MR) is 139 cm³/mol. The Bertz CT molecular complexity index is 1290. The molecule has 1 N–H and O–H groups in total. The second kappa shape index (κ2) is 12.1. The van der Waals surface area contributed by atoms with Crippen molar-refractivity contribution >= 4 is 35.5 Å². The van der Waals surface area contributed by atoms with Crippen LogP contribution in [0.25, 0.3) is 18.2 Å². The minimum absolute atomic E-state index is 0.0491. The minimum atomic E-state index is -0.485. The molecule has 0 aliphatic carbocycles. The third kappa shape index (κ3) is 6.41. The maximum atomic E-state index is 12.6. The number of hydrogen-bond acceptors (Lipinski definition) is 7. The van der Waals surface area contributed by atoms with Gasteiger partial charge in [0.1, 0.15) is 5.75 Å². The third-order valence-electron chi connectivity index (χ3n) is 5.17. The van der Waals surface area contributed by atoms with Gasteiger partial charge in [0.05, 0.1) is 33.4 Å². The summed E-state index contributed by atoms with van der Waals surface area (Å²) in [5.41, 5.74) is 2.52. The molecular weight excluding hydrogens is 464 g/mol. The van der Waals surface area contributed by atoms with E-state index in [2.05, 4.69) is 5.32 Å². The number of carbonyl (C=O) groups excluding carboxylic acids is 1. The molecule has 0 heterocycles. The summed E-state index contributed by atoms with van der Waals surface area (Å²) in [5, 5.41) is 13.8. The van der Waals surface area contributed by atoms with E-state index in [-0.39, 0.29) is 5.69 Å². The van der Waals surface area contributed by atoms with E-state index in [0.29, 0.717) is 39.8 Å². The van der Waals surface area contributed by atoms with Gasteiger partial charge >= 0.3 is 0 Å². The molecule has 0 radical (unpaired) electrons. The maximum Gasteiger partial charge on any atom is 0.270 e. The van der Waals surface area contributed by atoms with Gasteiger partial charge in [-0.2, -0.15) is 0 Å². The Kier molecular flexibility index (Phi) is 8.66. The number of nitrogens with one attached hydrogen (secondary N) is 1. The van der Waals surface area contributed by atoms with Crippen LogP contribution in [0.2, 0.25) is 0 Å². The number of hydrogen-bond donors (Lipinski definition) is 1. The molecular formula is C27H26N2O7. The van der Waals surface area contributed by atoms with E-state index in [4.69, 9.17) is 18.9 Å². The zero-order valence-electron chi connectivity index (χ0n) is 20.3. The minimum Gasteiger partial charge on any atom is -0.497 e. The fraction of sp³-hybridized carbons (Fsp3) is 0.148. The Morgan fingerprint density at radius 2 is 1.56 bits per heavy atom.